The van der Waals surface area contributed by atoms with Gasteiger partial charge >= 0.3 is 0 Å². The average molecular weight is 500 g/mol. The summed E-state index contributed by atoms with van der Waals surface area (Å²) >= 11 is 0. The lowest BCUT2D eigenvalue weighted by molar-refractivity contribution is 0.0908. The summed E-state index contributed by atoms with van der Waals surface area (Å²) < 4.78 is 33.1. The van der Waals surface area contributed by atoms with Crippen LogP contribution < -0.4 is 10.1 Å². The summed E-state index contributed by atoms with van der Waals surface area (Å²) in [6.45, 7) is 2.62. The Morgan fingerprint density at radius 3 is 2.31 bits per heavy atom. The number of carbonyl (C=O) groups excluding carboxylic acids is 1. The number of sulfonamides is 1. The van der Waals surface area contributed by atoms with Gasteiger partial charge in [-0.2, -0.15) is 4.31 Å². The Morgan fingerprint density at radius 2 is 1.66 bits per heavy atom. The number of rotatable bonds is 8. The Labute approximate surface area is 209 Å². The molecule has 1 aliphatic carbocycles. The van der Waals surface area contributed by atoms with Crippen molar-refractivity contribution in [2.75, 3.05) is 27.2 Å². The number of nitrogens with one attached hydrogen (secondary N) is 1. The molecule has 1 aliphatic heterocycles. The van der Waals surface area contributed by atoms with E-state index in [2.05, 4.69) is 16.3 Å². The minimum absolute atomic E-state index is 0.0607. The molecular weight excluding hydrogens is 462 g/mol. The first kappa shape index (κ1) is 25.7. The van der Waals surface area contributed by atoms with E-state index < -0.39 is 10.0 Å². The van der Waals surface area contributed by atoms with E-state index >= 15 is 0 Å². The van der Waals surface area contributed by atoms with E-state index in [0.29, 0.717) is 5.56 Å². The maximum Gasteiger partial charge on any atom is 0.251 e. The third-order valence-corrected chi connectivity index (χ3v) is 9.32. The van der Waals surface area contributed by atoms with Crippen molar-refractivity contribution in [1.82, 2.24) is 14.5 Å². The maximum absolute atomic E-state index is 13.0. The zero-order chi connectivity index (χ0) is 24.8. The van der Waals surface area contributed by atoms with Crippen molar-refractivity contribution in [2.24, 2.45) is 0 Å². The van der Waals surface area contributed by atoms with Crippen LogP contribution in [0.25, 0.3) is 0 Å². The average Bonchev–Trinajstić information content (AvgIpc) is 2.90. The van der Waals surface area contributed by atoms with E-state index in [1.165, 1.54) is 16.3 Å². The van der Waals surface area contributed by atoms with Crippen molar-refractivity contribution in [1.29, 1.82) is 0 Å². The number of methoxy groups -OCH3 is 1. The summed E-state index contributed by atoms with van der Waals surface area (Å²) in [4.78, 5) is 15.4. The lowest BCUT2D eigenvalue weighted by atomic mass is 9.96. The van der Waals surface area contributed by atoms with Gasteiger partial charge < -0.3 is 10.1 Å². The van der Waals surface area contributed by atoms with E-state index in [-0.39, 0.29) is 22.9 Å². The lowest BCUT2D eigenvalue weighted by Crippen LogP contribution is -2.44. The van der Waals surface area contributed by atoms with Crippen molar-refractivity contribution in [3.63, 3.8) is 0 Å². The zero-order valence-electron chi connectivity index (χ0n) is 20.8. The molecule has 2 fully saturated rings. The van der Waals surface area contributed by atoms with E-state index in [9.17, 15) is 13.2 Å². The summed E-state index contributed by atoms with van der Waals surface area (Å²) in [7, 11) is -0.193. The Balaban J connectivity index is 1.29. The first-order chi connectivity index (χ1) is 16.9. The fourth-order valence-corrected chi connectivity index (χ4v) is 6.58. The predicted molar refractivity (Wildman–Crippen MR) is 137 cm³/mol. The van der Waals surface area contributed by atoms with E-state index in [4.69, 9.17) is 4.74 Å². The molecular formula is C27H37N3O4S. The summed E-state index contributed by atoms with van der Waals surface area (Å²) in [5.74, 6) is 0.746. The summed E-state index contributed by atoms with van der Waals surface area (Å²) in [5.41, 5.74) is 1.65. The second-order valence-electron chi connectivity index (χ2n) is 9.67. The largest absolute Gasteiger partial charge is 0.496 e. The second kappa shape index (κ2) is 11.5. The van der Waals surface area contributed by atoms with Gasteiger partial charge in [-0.15, -0.1) is 0 Å². The standard InChI is InChI=1S/C27H37N3O4S/c1-29(24-9-4-3-5-10-24)35(32,33)25-14-12-21(13-15-25)27(31)28-23-16-18-30(19-17-23)20-22-8-6-7-11-26(22)34-2/h6-8,11-15,23-24H,3-5,9-10,16-20H2,1-2H3,(H,28,31). The van der Waals surface area contributed by atoms with Crippen LogP contribution >= 0.6 is 0 Å². The van der Waals surface area contributed by atoms with Gasteiger partial charge in [0.15, 0.2) is 0 Å². The number of hydrogen-bond donors (Lipinski definition) is 1. The third-order valence-electron chi connectivity index (χ3n) is 7.39. The Hall–Kier alpha value is -2.42. The predicted octanol–water partition coefficient (Wildman–Crippen LogP) is 4.04. The van der Waals surface area contributed by atoms with Crippen LogP contribution in [0.1, 0.15) is 60.9 Å². The number of amides is 1. The van der Waals surface area contributed by atoms with Gasteiger partial charge in [0.25, 0.3) is 5.91 Å². The molecule has 0 radical (unpaired) electrons. The smallest absolute Gasteiger partial charge is 0.251 e. The van der Waals surface area contributed by atoms with Crippen LogP contribution in [0.2, 0.25) is 0 Å². The van der Waals surface area contributed by atoms with Crippen LogP contribution in [-0.2, 0) is 16.6 Å². The molecule has 1 N–H and O–H groups in total. The quantitative estimate of drug-likeness (QED) is 0.593. The van der Waals surface area contributed by atoms with Crippen molar-refractivity contribution in [3.05, 3.63) is 59.7 Å². The second-order valence-corrected chi connectivity index (χ2v) is 11.7. The lowest BCUT2D eigenvalue weighted by Gasteiger charge is -2.32. The third kappa shape index (κ3) is 6.23. The van der Waals surface area contributed by atoms with Gasteiger partial charge in [-0.3, -0.25) is 9.69 Å². The molecule has 190 valence electrons. The molecule has 0 spiro atoms. The van der Waals surface area contributed by atoms with Gasteiger partial charge in [-0.25, -0.2) is 8.42 Å². The molecule has 35 heavy (non-hydrogen) atoms. The summed E-state index contributed by atoms with van der Waals surface area (Å²) in [5, 5.41) is 3.12. The van der Waals surface area contributed by atoms with Gasteiger partial charge in [-0.1, -0.05) is 37.5 Å². The van der Waals surface area contributed by atoms with Crippen LogP contribution in [0.3, 0.4) is 0 Å². The van der Waals surface area contributed by atoms with E-state index in [0.717, 1.165) is 63.9 Å². The van der Waals surface area contributed by atoms with Gasteiger partial charge in [0.1, 0.15) is 5.75 Å². The van der Waals surface area contributed by atoms with Crippen LogP contribution in [0.5, 0.6) is 5.75 Å². The molecule has 2 aromatic rings. The molecule has 0 unspecified atom stereocenters. The van der Waals surface area contributed by atoms with Crippen molar-refractivity contribution in [3.8, 4) is 5.75 Å². The number of piperidine rings is 1. The fourth-order valence-electron chi connectivity index (χ4n) is 5.16. The number of likely N-dealkylation sites (tertiary alicyclic amines) is 1. The molecule has 1 heterocycles. The zero-order valence-corrected chi connectivity index (χ0v) is 21.6. The Bertz CT molecular complexity index is 1090. The molecule has 4 rings (SSSR count). The Morgan fingerprint density at radius 1 is 1.00 bits per heavy atom. The number of hydrogen-bond acceptors (Lipinski definition) is 5. The molecule has 0 aromatic heterocycles. The number of benzene rings is 2. The van der Waals surface area contributed by atoms with Crippen LogP contribution in [-0.4, -0.2) is 62.9 Å². The van der Waals surface area contributed by atoms with E-state index in [1.807, 2.05) is 18.2 Å². The maximum atomic E-state index is 13.0. The molecule has 2 aromatic carbocycles. The van der Waals surface area contributed by atoms with Gasteiger partial charge in [0.05, 0.1) is 12.0 Å². The molecule has 0 atom stereocenters. The first-order valence-corrected chi connectivity index (χ1v) is 14.1. The molecule has 1 amide bonds. The highest BCUT2D eigenvalue weighted by Crippen LogP contribution is 2.27. The summed E-state index contributed by atoms with van der Waals surface area (Å²) in [6.07, 6.45) is 6.89. The number of nitrogens with zero attached hydrogens (tertiary/aromatic N) is 2. The molecule has 8 heteroatoms. The number of para-hydroxylation sites is 1. The number of ether oxygens (including phenoxy) is 1. The minimum atomic E-state index is -3.56. The molecule has 0 bridgehead atoms. The molecule has 7 nitrogen and oxygen atoms in total. The van der Waals surface area contributed by atoms with Crippen LogP contribution in [0.4, 0.5) is 0 Å². The molecule has 1 saturated heterocycles. The van der Waals surface area contributed by atoms with Gasteiger partial charge in [-0.05, 0) is 56.0 Å². The highest BCUT2D eigenvalue weighted by Gasteiger charge is 2.29. The summed E-state index contributed by atoms with van der Waals surface area (Å²) in [6, 6.07) is 14.6. The minimum Gasteiger partial charge on any atom is -0.496 e. The fraction of sp³-hybridized carbons (Fsp3) is 0.519. The van der Waals surface area contributed by atoms with Crippen LogP contribution in [0, 0.1) is 0 Å². The number of carbonyl (C=O) groups is 1. The van der Waals surface area contributed by atoms with Crippen molar-refractivity contribution >= 4 is 15.9 Å². The van der Waals surface area contributed by atoms with Crippen LogP contribution in [0.15, 0.2) is 53.4 Å². The monoisotopic (exact) mass is 499 g/mol. The first-order valence-electron chi connectivity index (χ1n) is 12.6. The highest BCUT2D eigenvalue weighted by atomic mass is 32.2. The topological polar surface area (TPSA) is 79.0 Å². The van der Waals surface area contributed by atoms with Crippen molar-refractivity contribution < 1.29 is 17.9 Å². The SMILES string of the molecule is COc1ccccc1CN1CCC(NC(=O)c2ccc(S(=O)(=O)N(C)C3CCCCC3)cc2)CC1. The van der Waals surface area contributed by atoms with E-state index in [1.54, 1.807) is 38.4 Å². The normalized spacial score (nSPS) is 18.5. The molecule has 2 aliphatic rings. The highest BCUT2D eigenvalue weighted by molar-refractivity contribution is 7.89. The Kier molecular flexibility index (Phi) is 8.46. The van der Waals surface area contributed by atoms with Gasteiger partial charge in [0, 0.05) is 49.9 Å². The molecule has 1 saturated carbocycles. The van der Waals surface area contributed by atoms with Crippen molar-refractivity contribution in [2.45, 2.75) is 68.5 Å². The van der Waals surface area contributed by atoms with Gasteiger partial charge in [0.2, 0.25) is 10.0 Å².